The molecule has 1 aromatic carbocycles. The maximum Gasteiger partial charge on any atom is 0.309 e. The van der Waals surface area contributed by atoms with Gasteiger partial charge in [-0.3, -0.25) is 4.79 Å². The summed E-state index contributed by atoms with van der Waals surface area (Å²) in [7, 11) is 1.45. The van der Waals surface area contributed by atoms with Gasteiger partial charge in [0.25, 0.3) is 0 Å². The quantitative estimate of drug-likeness (QED) is 0.644. The highest BCUT2D eigenvalue weighted by Crippen LogP contribution is 2.47. The van der Waals surface area contributed by atoms with E-state index in [1.54, 1.807) is 0 Å². The third-order valence-corrected chi connectivity index (χ3v) is 2.52. The van der Waals surface area contributed by atoms with Crippen LogP contribution >= 0.6 is 0 Å². The molecule has 13 heavy (non-hydrogen) atoms. The van der Waals surface area contributed by atoms with Crippen LogP contribution in [0.3, 0.4) is 0 Å². The highest BCUT2D eigenvalue weighted by atomic mass is 16.5. The molecule has 0 radical (unpaired) electrons. The molecule has 2 rings (SSSR count). The van der Waals surface area contributed by atoms with Crippen molar-refractivity contribution in [2.45, 2.75) is 12.3 Å². The number of ether oxygens (including phenoxy) is 1. The summed E-state index contributed by atoms with van der Waals surface area (Å²) in [4.78, 5) is 11.1. The largest absolute Gasteiger partial charge is 0.469 e. The molecule has 1 aliphatic rings. The van der Waals surface area contributed by atoms with Gasteiger partial charge >= 0.3 is 5.97 Å². The number of carbonyl (C=O) groups is 1. The molecule has 2 heteroatoms. The molecule has 0 N–H and O–H groups in total. The van der Waals surface area contributed by atoms with Gasteiger partial charge in [0.2, 0.25) is 0 Å². The molecule has 0 saturated heterocycles. The van der Waals surface area contributed by atoms with Gasteiger partial charge in [-0.1, -0.05) is 30.3 Å². The van der Waals surface area contributed by atoms with Crippen LogP contribution in [0, 0.1) is 5.92 Å². The second-order valence-electron chi connectivity index (χ2n) is 3.38. The van der Waals surface area contributed by atoms with Gasteiger partial charge in [-0.2, -0.15) is 0 Å². The van der Waals surface area contributed by atoms with Crippen LogP contribution < -0.4 is 0 Å². The Hall–Kier alpha value is -1.31. The number of hydrogen-bond donors (Lipinski definition) is 0. The fourth-order valence-electron chi connectivity index (χ4n) is 1.68. The Morgan fingerprint density at radius 1 is 1.38 bits per heavy atom. The lowest BCUT2D eigenvalue weighted by atomic mass is 10.1. The molecule has 0 bridgehead atoms. The van der Waals surface area contributed by atoms with Crippen molar-refractivity contribution < 1.29 is 9.53 Å². The average molecular weight is 176 g/mol. The van der Waals surface area contributed by atoms with E-state index in [9.17, 15) is 4.79 Å². The number of esters is 1. The number of rotatable bonds is 2. The van der Waals surface area contributed by atoms with Crippen molar-refractivity contribution in [1.29, 1.82) is 0 Å². The molecule has 2 nitrogen and oxygen atoms in total. The van der Waals surface area contributed by atoms with E-state index in [4.69, 9.17) is 0 Å². The maximum absolute atomic E-state index is 11.1. The Balaban J connectivity index is 2.04. The van der Waals surface area contributed by atoms with Crippen LogP contribution in [0.5, 0.6) is 0 Å². The van der Waals surface area contributed by atoms with Crippen molar-refractivity contribution in [2.24, 2.45) is 5.92 Å². The Morgan fingerprint density at radius 2 is 2.08 bits per heavy atom. The molecule has 68 valence electrons. The first-order chi connectivity index (χ1) is 6.33. The zero-order valence-electron chi connectivity index (χ0n) is 7.57. The molecule has 1 fully saturated rings. The van der Waals surface area contributed by atoms with E-state index in [0.29, 0.717) is 5.92 Å². The van der Waals surface area contributed by atoms with Gasteiger partial charge in [0.15, 0.2) is 0 Å². The van der Waals surface area contributed by atoms with Gasteiger partial charge in [0.1, 0.15) is 0 Å². The highest BCUT2D eigenvalue weighted by molar-refractivity contribution is 5.77. The van der Waals surface area contributed by atoms with Crippen LogP contribution in [0.25, 0.3) is 0 Å². The highest BCUT2D eigenvalue weighted by Gasteiger charge is 2.44. The topological polar surface area (TPSA) is 26.3 Å². The lowest BCUT2D eigenvalue weighted by molar-refractivity contribution is -0.142. The third-order valence-electron chi connectivity index (χ3n) is 2.52. The first-order valence-electron chi connectivity index (χ1n) is 4.45. The van der Waals surface area contributed by atoms with E-state index >= 15 is 0 Å². The number of methoxy groups -OCH3 is 1. The first-order valence-corrected chi connectivity index (χ1v) is 4.45. The van der Waals surface area contributed by atoms with Crippen LogP contribution in [0.15, 0.2) is 30.3 Å². The first kappa shape index (κ1) is 8.30. The van der Waals surface area contributed by atoms with Crippen LogP contribution in [-0.4, -0.2) is 13.1 Å². The van der Waals surface area contributed by atoms with E-state index in [2.05, 4.69) is 16.9 Å². The fraction of sp³-hybridized carbons (Fsp3) is 0.364. The molecule has 1 aromatic rings. The summed E-state index contributed by atoms with van der Waals surface area (Å²) in [5.74, 6) is 0.426. The lowest BCUT2D eigenvalue weighted by Gasteiger charge is -1.98. The monoisotopic (exact) mass is 176 g/mol. The Kier molecular flexibility index (Phi) is 2.05. The predicted molar refractivity (Wildman–Crippen MR) is 49.3 cm³/mol. The van der Waals surface area contributed by atoms with E-state index in [-0.39, 0.29) is 11.9 Å². The molecular formula is C11H12O2. The Labute approximate surface area is 77.5 Å². The second kappa shape index (κ2) is 3.21. The normalized spacial score (nSPS) is 25.3. The van der Waals surface area contributed by atoms with Gasteiger partial charge in [0.05, 0.1) is 13.0 Å². The summed E-state index contributed by atoms with van der Waals surface area (Å²) < 4.78 is 4.69. The fourth-order valence-corrected chi connectivity index (χ4v) is 1.68. The number of carbonyl (C=O) groups excluding carboxylic acids is 1. The molecule has 2 atom stereocenters. The van der Waals surface area contributed by atoms with E-state index in [0.717, 1.165) is 6.42 Å². The second-order valence-corrected chi connectivity index (χ2v) is 3.38. The minimum atomic E-state index is -0.0751. The van der Waals surface area contributed by atoms with Gasteiger partial charge in [-0.05, 0) is 17.9 Å². The molecular weight excluding hydrogens is 164 g/mol. The SMILES string of the molecule is COC(=O)[C@@H]1C[C@@H]1c1ccccc1. The van der Waals surface area contributed by atoms with Gasteiger partial charge < -0.3 is 4.74 Å². The van der Waals surface area contributed by atoms with Crippen LogP contribution in [0.4, 0.5) is 0 Å². The summed E-state index contributed by atoms with van der Waals surface area (Å²) in [5, 5.41) is 0. The number of hydrogen-bond acceptors (Lipinski definition) is 2. The van der Waals surface area contributed by atoms with Crippen molar-refractivity contribution in [3.63, 3.8) is 0 Å². The van der Waals surface area contributed by atoms with Crippen LogP contribution in [0.1, 0.15) is 17.9 Å². The van der Waals surface area contributed by atoms with E-state index in [1.165, 1.54) is 12.7 Å². The molecule has 1 saturated carbocycles. The molecule has 0 aliphatic heterocycles. The maximum atomic E-state index is 11.1. The van der Waals surface area contributed by atoms with Crippen molar-refractivity contribution in [2.75, 3.05) is 7.11 Å². The predicted octanol–water partition coefficient (Wildman–Crippen LogP) is 1.96. The van der Waals surface area contributed by atoms with Crippen molar-refractivity contribution >= 4 is 5.97 Å². The van der Waals surface area contributed by atoms with E-state index < -0.39 is 0 Å². The van der Waals surface area contributed by atoms with Crippen molar-refractivity contribution in [3.05, 3.63) is 35.9 Å². The molecule has 1 aliphatic carbocycles. The molecule has 0 aromatic heterocycles. The summed E-state index contributed by atoms with van der Waals surface area (Å²) >= 11 is 0. The standard InChI is InChI=1S/C11H12O2/c1-13-11(12)10-7-9(10)8-5-3-2-4-6-8/h2-6,9-10H,7H2,1H3/t9-,10-/m1/s1. The Bertz CT molecular complexity index is 305. The summed E-state index contributed by atoms with van der Waals surface area (Å²) in [6.45, 7) is 0. The lowest BCUT2D eigenvalue weighted by Crippen LogP contribution is -2.03. The van der Waals surface area contributed by atoms with Crippen molar-refractivity contribution in [3.8, 4) is 0 Å². The Morgan fingerprint density at radius 3 is 2.69 bits per heavy atom. The average Bonchev–Trinajstić information content (AvgIpc) is 2.98. The molecule has 0 unspecified atom stereocenters. The van der Waals surface area contributed by atoms with Crippen LogP contribution in [0.2, 0.25) is 0 Å². The third kappa shape index (κ3) is 1.57. The minimum Gasteiger partial charge on any atom is -0.469 e. The van der Waals surface area contributed by atoms with Gasteiger partial charge in [-0.25, -0.2) is 0 Å². The molecule has 0 spiro atoms. The smallest absolute Gasteiger partial charge is 0.309 e. The summed E-state index contributed by atoms with van der Waals surface area (Å²) in [6, 6.07) is 10.1. The van der Waals surface area contributed by atoms with Crippen LogP contribution in [-0.2, 0) is 9.53 Å². The molecule has 0 amide bonds. The van der Waals surface area contributed by atoms with Gasteiger partial charge in [-0.15, -0.1) is 0 Å². The minimum absolute atomic E-state index is 0.0751. The summed E-state index contributed by atoms with van der Waals surface area (Å²) in [6.07, 6.45) is 0.941. The molecule has 0 heterocycles. The zero-order valence-corrected chi connectivity index (χ0v) is 7.57. The van der Waals surface area contributed by atoms with Crippen molar-refractivity contribution in [1.82, 2.24) is 0 Å². The van der Waals surface area contributed by atoms with Gasteiger partial charge in [0, 0.05) is 0 Å². The van der Waals surface area contributed by atoms with E-state index in [1.807, 2.05) is 18.2 Å². The summed E-state index contributed by atoms with van der Waals surface area (Å²) in [5.41, 5.74) is 1.25. The number of benzene rings is 1. The zero-order chi connectivity index (χ0) is 9.26.